The molecule has 2 aliphatic heterocycles. The van der Waals surface area contributed by atoms with Gasteiger partial charge in [-0.2, -0.15) is 0 Å². The number of aliphatic hydroxyl groups is 7. The zero-order valence-electron chi connectivity index (χ0n) is 13.0. The molecular formula is C13H24O11. The highest BCUT2D eigenvalue weighted by atomic mass is 16.7. The van der Waals surface area contributed by atoms with Crippen LogP contribution in [0.15, 0.2) is 0 Å². The molecule has 0 aromatic rings. The summed E-state index contributed by atoms with van der Waals surface area (Å²) in [4.78, 5) is 0. The van der Waals surface area contributed by atoms with E-state index in [4.69, 9.17) is 24.1 Å². The molecule has 0 aliphatic carbocycles. The molecule has 7 N–H and O–H groups in total. The van der Waals surface area contributed by atoms with Crippen LogP contribution in [0.4, 0.5) is 0 Å². The van der Waals surface area contributed by atoms with Crippen molar-refractivity contribution in [2.75, 3.05) is 20.3 Å². The predicted octanol–water partition coefficient (Wildman–Crippen LogP) is -4.74. The van der Waals surface area contributed by atoms with Gasteiger partial charge in [0, 0.05) is 7.11 Å². The van der Waals surface area contributed by atoms with Crippen LogP contribution in [0.25, 0.3) is 0 Å². The molecule has 142 valence electrons. The fourth-order valence-corrected chi connectivity index (χ4v) is 2.82. The minimum Gasteiger partial charge on any atom is -0.394 e. The Bertz CT molecular complexity index is 380. The van der Waals surface area contributed by atoms with Crippen molar-refractivity contribution in [3.63, 3.8) is 0 Å². The van der Waals surface area contributed by atoms with Crippen molar-refractivity contribution in [2.45, 2.75) is 61.4 Å². The Morgan fingerprint density at radius 3 is 1.75 bits per heavy atom. The maximum absolute atomic E-state index is 10.2. The molecule has 0 saturated carbocycles. The van der Waals surface area contributed by atoms with Crippen LogP contribution in [0.5, 0.6) is 0 Å². The number of aliphatic hydroxyl groups excluding tert-OH is 7. The summed E-state index contributed by atoms with van der Waals surface area (Å²) in [5.41, 5.74) is 0. The first-order valence-corrected chi connectivity index (χ1v) is 7.46. The van der Waals surface area contributed by atoms with E-state index in [1.165, 1.54) is 7.11 Å². The van der Waals surface area contributed by atoms with Crippen LogP contribution in [-0.4, -0.2) is 117 Å². The molecule has 2 fully saturated rings. The molecule has 11 heteroatoms. The summed E-state index contributed by atoms with van der Waals surface area (Å²) in [6, 6.07) is 0. The van der Waals surface area contributed by atoms with Crippen molar-refractivity contribution < 1.29 is 54.7 Å². The van der Waals surface area contributed by atoms with Gasteiger partial charge in [0.05, 0.1) is 13.2 Å². The van der Waals surface area contributed by atoms with Crippen molar-refractivity contribution in [3.05, 3.63) is 0 Å². The van der Waals surface area contributed by atoms with Crippen molar-refractivity contribution in [1.82, 2.24) is 0 Å². The molecule has 0 amide bonds. The molecule has 2 heterocycles. The summed E-state index contributed by atoms with van der Waals surface area (Å²) in [6.45, 7) is -1.24. The molecule has 0 bridgehead atoms. The van der Waals surface area contributed by atoms with Crippen LogP contribution < -0.4 is 0 Å². The normalized spacial score (nSPS) is 50.0. The minimum atomic E-state index is -1.74. The molecule has 1 unspecified atom stereocenters. The van der Waals surface area contributed by atoms with Gasteiger partial charge in [-0.15, -0.1) is 0 Å². The number of methoxy groups -OCH3 is 1. The van der Waals surface area contributed by atoms with E-state index in [-0.39, 0.29) is 0 Å². The van der Waals surface area contributed by atoms with E-state index in [2.05, 4.69) is 0 Å². The van der Waals surface area contributed by atoms with Gasteiger partial charge in [-0.05, 0) is 0 Å². The van der Waals surface area contributed by atoms with Crippen LogP contribution in [0.3, 0.4) is 0 Å². The Morgan fingerprint density at radius 2 is 1.25 bits per heavy atom. The highest BCUT2D eigenvalue weighted by Gasteiger charge is 2.51. The van der Waals surface area contributed by atoms with Gasteiger partial charge in [-0.3, -0.25) is 0 Å². The molecular weight excluding hydrogens is 332 g/mol. The first-order valence-electron chi connectivity index (χ1n) is 7.46. The van der Waals surface area contributed by atoms with Gasteiger partial charge in [0.2, 0.25) is 0 Å². The second-order valence-electron chi connectivity index (χ2n) is 5.74. The second kappa shape index (κ2) is 8.29. The van der Waals surface area contributed by atoms with E-state index in [0.29, 0.717) is 0 Å². The summed E-state index contributed by atoms with van der Waals surface area (Å²) in [6.07, 6.45) is -14.4. The lowest BCUT2D eigenvalue weighted by molar-refractivity contribution is -0.341. The highest BCUT2D eigenvalue weighted by Crippen LogP contribution is 2.29. The van der Waals surface area contributed by atoms with Crippen LogP contribution in [-0.2, 0) is 18.9 Å². The largest absolute Gasteiger partial charge is 0.394 e. The molecule has 2 saturated heterocycles. The fraction of sp³-hybridized carbons (Fsp3) is 1.00. The molecule has 11 nitrogen and oxygen atoms in total. The van der Waals surface area contributed by atoms with E-state index in [0.717, 1.165) is 0 Å². The number of rotatable bonds is 5. The van der Waals surface area contributed by atoms with Gasteiger partial charge in [0.1, 0.15) is 48.8 Å². The summed E-state index contributed by atoms with van der Waals surface area (Å²) < 4.78 is 20.3. The zero-order chi connectivity index (χ0) is 18.0. The van der Waals surface area contributed by atoms with E-state index in [1.807, 2.05) is 0 Å². The summed E-state index contributed by atoms with van der Waals surface area (Å²) in [7, 11) is 1.24. The first-order chi connectivity index (χ1) is 11.3. The maximum Gasteiger partial charge on any atom is 0.186 e. The highest BCUT2D eigenvalue weighted by molar-refractivity contribution is 4.95. The maximum atomic E-state index is 10.2. The van der Waals surface area contributed by atoms with Gasteiger partial charge >= 0.3 is 0 Å². The van der Waals surface area contributed by atoms with Gasteiger partial charge < -0.3 is 54.7 Å². The SMILES string of the molecule is CO[C@H]1O[C@H](CO)[C@@H](O)[C@H](O[C@H]2[C@H](O)[C@@H](CO)OC(O)[C@@H]2O)[C@H]1O. The first kappa shape index (κ1) is 19.9. The van der Waals surface area contributed by atoms with E-state index in [9.17, 15) is 30.6 Å². The molecule has 2 rings (SSSR count). The molecule has 10 atom stereocenters. The van der Waals surface area contributed by atoms with Crippen molar-refractivity contribution in [1.29, 1.82) is 0 Å². The zero-order valence-corrected chi connectivity index (χ0v) is 13.0. The Labute approximate surface area is 137 Å². The van der Waals surface area contributed by atoms with Crippen molar-refractivity contribution in [2.24, 2.45) is 0 Å². The van der Waals surface area contributed by atoms with Gasteiger partial charge in [-0.1, -0.05) is 0 Å². The average Bonchev–Trinajstić information content (AvgIpc) is 2.57. The third-order valence-corrected chi connectivity index (χ3v) is 4.21. The average molecular weight is 356 g/mol. The Morgan fingerprint density at radius 1 is 0.750 bits per heavy atom. The summed E-state index contributed by atoms with van der Waals surface area (Å²) in [5.74, 6) is 0. The lowest BCUT2D eigenvalue weighted by atomic mass is 9.95. The topological polar surface area (TPSA) is 179 Å². The lowest BCUT2D eigenvalue weighted by Crippen LogP contribution is -2.65. The quantitative estimate of drug-likeness (QED) is 0.251. The molecule has 0 aromatic heterocycles. The number of hydrogen-bond donors (Lipinski definition) is 7. The van der Waals surface area contributed by atoms with E-state index >= 15 is 0 Å². The fourth-order valence-electron chi connectivity index (χ4n) is 2.82. The number of hydrogen-bond acceptors (Lipinski definition) is 11. The Balaban J connectivity index is 2.18. The van der Waals surface area contributed by atoms with Crippen LogP contribution in [0.2, 0.25) is 0 Å². The lowest BCUT2D eigenvalue weighted by Gasteiger charge is -2.46. The third kappa shape index (κ3) is 3.71. The van der Waals surface area contributed by atoms with Gasteiger partial charge in [0.15, 0.2) is 12.6 Å². The molecule has 0 radical (unpaired) electrons. The molecule has 0 aromatic carbocycles. The Hall–Kier alpha value is -0.440. The van der Waals surface area contributed by atoms with E-state index in [1.54, 1.807) is 0 Å². The third-order valence-electron chi connectivity index (χ3n) is 4.21. The van der Waals surface area contributed by atoms with E-state index < -0.39 is 74.6 Å². The summed E-state index contributed by atoms with van der Waals surface area (Å²) >= 11 is 0. The molecule has 2 aliphatic rings. The van der Waals surface area contributed by atoms with Crippen LogP contribution >= 0.6 is 0 Å². The predicted molar refractivity (Wildman–Crippen MR) is 73.4 cm³/mol. The van der Waals surface area contributed by atoms with Crippen molar-refractivity contribution in [3.8, 4) is 0 Å². The number of ether oxygens (including phenoxy) is 4. The Kier molecular flexibility index (Phi) is 6.87. The van der Waals surface area contributed by atoms with Crippen LogP contribution in [0.1, 0.15) is 0 Å². The molecule has 0 spiro atoms. The standard InChI is InChI=1S/C13H24O11/c1-21-13-9(19)11(7(17)5(3-15)23-13)24-10-6(16)4(2-14)22-12(20)8(10)18/h4-20H,2-3H2,1H3/t4-,5-,6-,7-,8-,9-,10+,11+,12?,13+/m1/s1. The second-order valence-corrected chi connectivity index (χ2v) is 5.74. The minimum absolute atomic E-state index is 0.589. The smallest absolute Gasteiger partial charge is 0.186 e. The molecule has 24 heavy (non-hydrogen) atoms. The van der Waals surface area contributed by atoms with Gasteiger partial charge in [0.25, 0.3) is 0 Å². The van der Waals surface area contributed by atoms with Crippen molar-refractivity contribution >= 4 is 0 Å². The van der Waals surface area contributed by atoms with Crippen LogP contribution in [0, 0.1) is 0 Å². The summed E-state index contributed by atoms with van der Waals surface area (Å²) in [5, 5.41) is 68.4. The monoisotopic (exact) mass is 356 g/mol. The van der Waals surface area contributed by atoms with Gasteiger partial charge in [-0.25, -0.2) is 0 Å².